The number of H-pyrrole nitrogens is 1. The number of carbonyl (C=O) groups is 1. The van der Waals surface area contributed by atoms with E-state index >= 15 is 0 Å². The van der Waals surface area contributed by atoms with Crippen LogP contribution in [0.3, 0.4) is 0 Å². The van der Waals surface area contributed by atoms with Gasteiger partial charge in [-0.3, -0.25) is 4.79 Å². The monoisotopic (exact) mass is 283 g/mol. The number of nitrogens with one attached hydrogen (secondary N) is 2. The molecular weight excluding hydrogens is 274 g/mol. The predicted octanol–water partition coefficient (Wildman–Crippen LogP) is 2.27. The summed E-state index contributed by atoms with van der Waals surface area (Å²) in [6, 6.07) is 5.89. The van der Waals surface area contributed by atoms with Crippen molar-refractivity contribution in [1.29, 1.82) is 0 Å². The molecule has 0 amide bonds. The first kappa shape index (κ1) is 11.4. The number of fused-ring (bicyclic) bond motifs is 2. The average molecular weight is 283 g/mol. The van der Waals surface area contributed by atoms with Gasteiger partial charge in [-0.1, -0.05) is 17.8 Å². The summed E-state index contributed by atoms with van der Waals surface area (Å²) < 4.78 is 0. The van der Waals surface area contributed by atoms with Crippen LogP contribution in [-0.2, 0) is 11.2 Å². The fourth-order valence-electron chi connectivity index (χ4n) is 2.18. The summed E-state index contributed by atoms with van der Waals surface area (Å²) in [6.07, 6.45) is 3.57. The summed E-state index contributed by atoms with van der Waals surface area (Å²) in [7, 11) is 0. The van der Waals surface area contributed by atoms with Gasteiger partial charge < -0.3 is 10.3 Å². The lowest BCUT2D eigenvalue weighted by molar-refractivity contribution is -0.110. The Balaban J connectivity index is 1.71. The lowest BCUT2D eigenvalue weighted by Crippen LogP contribution is -1.96. The van der Waals surface area contributed by atoms with Crippen molar-refractivity contribution in [3.05, 3.63) is 36.4 Å². The van der Waals surface area contributed by atoms with Gasteiger partial charge in [-0.15, -0.1) is 0 Å². The number of nitrogens with zero attached hydrogens (tertiary/aromatic N) is 3. The molecule has 2 aromatic heterocycles. The van der Waals surface area contributed by atoms with Crippen molar-refractivity contribution in [2.24, 2.45) is 0 Å². The summed E-state index contributed by atoms with van der Waals surface area (Å²) in [5, 5.41) is 3.42. The summed E-state index contributed by atoms with van der Waals surface area (Å²) in [5.74, 6) is 0.668. The van der Waals surface area contributed by atoms with Crippen molar-refractivity contribution < 1.29 is 4.79 Å². The van der Waals surface area contributed by atoms with Gasteiger partial charge in [-0.05, 0) is 17.7 Å². The van der Waals surface area contributed by atoms with Crippen molar-refractivity contribution in [2.45, 2.75) is 11.3 Å². The van der Waals surface area contributed by atoms with Crippen LogP contribution >= 0.6 is 11.8 Å². The quantitative estimate of drug-likeness (QED) is 0.750. The summed E-state index contributed by atoms with van der Waals surface area (Å²) in [5.41, 5.74) is 3.35. The van der Waals surface area contributed by atoms with E-state index in [0.717, 1.165) is 21.7 Å². The van der Waals surface area contributed by atoms with E-state index in [4.69, 9.17) is 0 Å². The third-order valence-electron chi connectivity index (χ3n) is 3.11. The van der Waals surface area contributed by atoms with Gasteiger partial charge in [0, 0.05) is 17.0 Å². The number of benzene rings is 1. The molecule has 6 nitrogen and oxygen atoms in total. The molecule has 3 aromatic rings. The minimum Gasteiger partial charge on any atom is -0.340 e. The summed E-state index contributed by atoms with van der Waals surface area (Å²) in [4.78, 5) is 27.8. The van der Waals surface area contributed by atoms with Crippen LogP contribution in [0.15, 0.2) is 35.7 Å². The van der Waals surface area contributed by atoms with Gasteiger partial charge in [0.1, 0.15) is 11.8 Å². The molecule has 0 aliphatic carbocycles. The van der Waals surface area contributed by atoms with E-state index < -0.39 is 0 Å². The lowest BCUT2D eigenvalue weighted by atomic mass is 10.1. The number of aromatic nitrogens is 4. The van der Waals surface area contributed by atoms with Crippen molar-refractivity contribution in [3.8, 4) is 0 Å². The summed E-state index contributed by atoms with van der Waals surface area (Å²) >= 11 is 1.29. The van der Waals surface area contributed by atoms with E-state index in [1.807, 2.05) is 18.2 Å². The number of rotatable bonds is 2. The van der Waals surface area contributed by atoms with Gasteiger partial charge in [-0.25, -0.2) is 15.0 Å². The standard InChI is InChI=1S/C13H9N5OS/c19-10-3-7-1-2-8(4-9(7)20-10)18-13-11-12(15-5-14-11)16-6-17-13/h1-2,4-6H,3H2,(H2,14,15,16,17,18). The Morgan fingerprint density at radius 1 is 1.25 bits per heavy atom. The van der Waals surface area contributed by atoms with Gasteiger partial charge >= 0.3 is 0 Å². The maximum atomic E-state index is 11.4. The molecule has 1 aliphatic rings. The fourth-order valence-corrected chi connectivity index (χ4v) is 3.11. The molecular formula is C13H9N5OS. The second kappa shape index (κ2) is 4.31. The van der Waals surface area contributed by atoms with Crippen LogP contribution in [0.2, 0.25) is 0 Å². The number of hydrogen-bond donors (Lipinski definition) is 2. The maximum Gasteiger partial charge on any atom is 0.198 e. The van der Waals surface area contributed by atoms with E-state index in [9.17, 15) is 4.79 Å². The summed E-state index contributed by atoms with van der Waals surface area (Å²) in [6.45, 7) is 0. The molecule has 3 heterocycles. The zero-order chi connectivity index (χ0) is 13.5. The molecule has 0 unspecified atom stereocenters. The molecule has 98 valence electrons. The molecule has 0 bridgehead atoms. The van der Waals surface area contributed by atoms with E-state index in [1.165, 1.54) is 18.1 Å². The predicted molar refractivity (Wildman–Crippen MR) is 76.0 cm³/mol. The van der Waals surface area contributed by atoms with Crippen LogP contribution in [0.1, 0.15) is 5.56 Å². The number of hydrogen-bond acceptors (Lipinski definition) is 6. The lowest BCUT2D eigenvalue weighted by Gasteiger charge is -2.07. The van der Waals surface area contributed by atoms with E-state index in [-0.39, 0.29) is 5.12 Å². The first-order chi connectivity index (χ1) is 9.79. The fraction of sp³-hybridized carbons (Fsp3) is 0.0769. The van der Waals surface area contributed by atoms with E-state index in [0.29, 0.717) is 17.9 Å². The van der Waals surface area contributed by atoms with Crippen molar-refractivity contribution in [2.75, 3.05) is 5.32 Å². The van der Waals surface area contributed by atoms with Crippen molar-refractivity contribution in [3.63, 3.8) is 0 Å². The molecule has 0 saturated heterocycles. The van der Waals surface area contributed by atoms with Crippen LogP contribution < -0.4 is 5.32 Å². The van der Waals surface area contributed by atoms with Gasteiger partial charge in [-0.2, -0.15) is 0 Å². The molecule has 2 N–H and O–H groups in total. The van der Waals surface area contributed by atoms with E-state index in [1.54, 1.807) is 6.33 Å². The third kappa shape index (κ3) is 1.83. The highest BCUT2D eigenvalue weighted by atomic mass is 32.2. The van der Waals surface area contributed by atoms with E-state index in [2.05, 4.69) is 25.3 Å². The second-order valence-corrected chi connectivity index (χ2v) is 5.52. The van der Waals surface area contributed by atoms with Crippen LogP contribution in [0.25, 0.3) is 11.2 Å². The normalized spacial score (nSPS) is 13.7. The Morgan fingerprint density at radius 3 is 3.15 bits per heavy atom. The number of imidazole rings is 1. The number of carbonyl (C=O) groups excluding carboxylic acids is 1. The van der Waals surface area contributed by atoms with Crippen LogP contribution in [-0.4, -0.2) is 25.1 Å². The van der Waals surface area contributed by atoms with Crippen molar-refractivity contribution in [1.82, 2.24) is 19.9 Å². The smallest absolute Gasteiger partial charge is 0.198 e. The highest BCUT2D eigenvalue weighted by molar-refractivity contribution is 8.14. The minimum absolute atomic E-state index is 0.190. The van der Waals surface area contributed by atoms with Gasteiger partial charge in [0.05, 0.1) is 6.33 Å². The van der Waals surface area contributed by atoms with Crippen LogP contribution in [0, 0.1) is 0 Å². The van der Waals surface area contributed by atoms with Crippen LogP contribution in [0.4, 0.5) is 11.5 Å². The molecule has 0 fully saturated rings. The molecule has 4 rings (SSSR count). The average Bonchev–Trinajstić information content (AvgIpc) is 3.03. The molecule has 20 heavy (non-hydrogen) atoms. The molecule has 0 spiro atoms. The number of thioether (sulfide) groups is 1. The Labute approximate surface area is 118 Å². The Kier molecular flexibility index (Phi) is 2.46. The SMILES string of the molecule is O=C1Cc2ccc(Nc3ncnc4nc[nH]c34)cc2S1. The molecule has 0 radical (unpaired) electrons. The Morgan fingerprint density at radius 2 is 2.20 bits per heavy atom. The van der Waals surface area contributed by atoms with Gasteiger partial charge in [0.2, 0.25) is 0 Å². The van der Waals surface area contributed by atoms with Gasteiger partial charge in [0.25, 0.3) is 0 Å². The topological polar surface area (TPSA) is 83.6 Å². The minimum atomic E-state index is 0.190. The molecule has 0 atom stereocenters. The van der Waals surface area contributed by atoms with Crippen molar-refractivity contribution >= 4 is 39.5 Å². The van der Waals surface area contributed by atoms with Crippen LogP contribution in [0.5, 0.6) is 0 Å². The maximum absolute atomic E-state index is 11.4. The molecule has 1 aliphatic heterocycles. The van der Waals surface area contributed by atoms with Gasteiger partial charge in [0.15, 0.2) is 16.6 Å². The molecule has 7 heteroatoms. The zero-order valence-corrected chi connectivity index (χ0v) is 11.1. The zero-order valence-electron chi connectivity index (χ0n) is 10.3. The second-order valence-electron chi connectivity index (χ2n) is 4.42. The highest BCUT2D eigenvalue weighted by Crippen LogP contribution is 2.35. The number of anilines is 2. The molecule has 1 aromatic carbocycles. The number of aromatic amines is 1. The highest BCUT2D eigenvalue weighted by Gasteiger charge is 2.19. The first-order valence-electron chi connectivity index (χ1n) is 6.04. The Bertz CT molecular complexity index is 828. The Hall–Kier alpha value is -2.41. The first-order valence-corrected chi connectivity index (χ1v) is 6.86. The third-order valence-corrected chi connectivity index (χ3v) is 4.08. The molecule has 0 saturated carbocycles. The largest absolute Gasteiger partial charge is 0.340 e.